The van der Waals surface area contributed by atoms with E-state index in [9.17, 15) is 14.9 Å². The van der Waals surface area contributed by atoms with E-state index in [1.807, 2.05) is 48.5 Å². The molecule has 0 amide bonds. The number of carbonyl (C=O) groups excluding carboxylic acids is 1. The number of para-hydroxylation sites is 3. The first-order chi connectivity index (χ1) is 16.0. The number of Topliss-reactive ketones (excluding diaryl/α,β-unsaturated/α-hetero) is 1. The average Bonchev–Trinajstić information content (AvgIpc) is 3.01. The lowest BCUT2D eigenvalue weighted by atomic mass is 9.78. The maximum absolute atomic E-state index is 13.6. The summed E-state index contributed by atoms with van der Waals surface area (Å²) in [6, 6.07) is 21.4. The van der Waals surface area contributed by atoms with Gasteiger partial charge in [0.05, 0.1) is 35.0 Å². The van der Waals surface area contributed by atoms with Crippen molar-refractivity contribution in [2.24, 2.45) is 0 Å². The lowest BCUT2D eigenvalue weighted by molar-refractivity contribution is -0.385. The summed E-state index contributed by atoms with van der Waals surface area (Å²) < 4.78 is 5.26. The summed E-state index contributed by atoms with van der Waals surface area (Å²) in [4.78, 5) is 25.0. The van der Waals surface area contributed by atoms with Gasteiger partial charge in [-0.3, -0.25) is 14.9 Å². The number of ether oxygens (including phenoxy) is 1. The standard InChI is InChI=1S/C26H23N3O4/c1-33-18-12-10-16(11-13-18)17-14-22-25(24(30)15-17)26(19-6-2-5-9-23(19)29(31)32)28-21-8-4-3-7-20(21)27-22/h2-13,17,26-28H,14-15H2,1H3/t17-,26+/m0/s1. The van der Waals surface area contributed by atoms with E-state index in [1.54, 1.807) is 25.3 Å². The molecule has 166 valence electrons. The second-order valence-electron chi connectivity index (χ2n) is 8.26. The number of fused-ring (bicyclic) bond motifs is 1. The quantitative estimate of drug-likeness (QED) is 0.405. The highest BCUT2D eigenvalue weighted by Crippen LogP contribution is 2.45. The molecule has 0 radical (unpaired) electrons. The highest BCUT2D eigenvalue weighted by Gasteiger charge is 2.38. The van der Waals surface area contributed by atoms with Crippen molar-refractivity contribution in [3.8, 4) is 5.75 Å². The van der Waals surface area contributed by atoms with Crippen molar-refractivity contribution in [3.05, 3.63) is 105 Å². The first-order valence-corrected chi connectivity index (χ1v) is 10.8. The lowest BCUT2D eigenvalue weighted by Crippen LogP contribution is -2.27. The lowest BCUT2D eigenvalue weighted by Gasteiger charge is -2.29. The van der Waals surface area contributed by atoms with Crippen LogP contribution in [0.15, 0.2) is 84.1 Å². The first-order valence-electron chi connectivity index (χ1n) is 10.8. The van der Waals surface area contributed by atoms with E-state index in [4.69, 9.17) is 4.74 Å². The van der Waals surface area contributed by atoms with E-state index in [2.05, 4.69) is 10.6 Å². The summed E-state index contributed by atoms with van der Waals surface area (Å²) >= 11 is 0. The molecule has 0 unspecified atom stereocenters. The molecule has 2 atom stereocenters. The van der Waals surface area contributed by atoms with E-state index in [0.29, 0.717) is 24.0 Å². The highest BCUT2D eigenvalue weighted by atomic mass is 16.6. The topological polar surface area (TPSA) is 93.5 Å². The Hall–Kier alpha value is -4.13. The number of nitrogens with zero attached hydrogens (tertiary/aromatic N) is 1. The normalized spacial score (nSPS) is 19.5. The fourth-order valence-electron chi connectivity index (χ4n) is 4.74. The van der Waals surface area contributed by atoms with E-state index in [0.717, 1.165) is 28.4 Å². The predicted molar refractivity (Wildman–Crippen MR) is 127 cm³/mol. The summed E-state index contributed by atoms with van der Waals surface area (Å²) in [5.74, 6) is 0.752. The van der Waals surface area contributed by atoms with Crippen LogP contribution in [-0.4, -0.2) is 17.8 Å². The summed E-state index contributed by atoms with van der Waals surface area (Å²) in [7, 11) is 1.62. The number of nitrogens with one attached hydrogen (secondary N) is 2. The van der Waals surface area contributed by atoms with Crippen LogP contribution in [0.2, 0.25) is 0 Å². The van der Waals surface area contributed by atoms with Crippen LogP contribution in [0.3, 0.4) is 0 Å². The van der Waals surface area contributed by atoms with E-state index < -0.39 is 11.0 Å². The van der Waals surface area contributed by atoms with Crippen molar-refractivity contribution >= 4 is 22.8 Å². The molecule has 0 saturated carbocycles. The Morgan fingerprint density at radius 1 is 0.939 bits per heavy atom. The number of hydrogen-bond acceptors (Lipinski definition) is 6. The van der Waals surface area contributed by atoms with Gasteiger partial charge in [-0.05, 0) is 48.2 Å². The molecular formula is C26H23N3O4. The maximum Gasteiger partial charge on any atom is 0.275 e. The fraction of sp³-hybridized carbons (Fsp3) is 0.192. The maximum atomic E-state index is 13.6. The van der Waals surface area contributed by atoms with Gasteiger partial charge in [0.15, 0.2) is 5.78 Å². The van der Waals surface area contributed by atoms with Gasteiger partial charge in [0, 0.05) is 23.8 Å². The smallest absolute Gasteiger partial charge is 0.275 e. The van der Waals surface area contributed by atoms with Crippen LogP contribution in [0.25, 0.3) is 0 Å². The number of nitro groups is 1. The zero-order chi connectivity index (χ0) is 22.9. The molecule has 0 saturated heterocycles. The Labute approximate surface area is 191 Å². The third-order valence-electron chi connectivity index (χ3n) is 6.34. The van der Waals surface area contributed by atoms with Gasteiger partial charge in [0.1, 0.15) is 5.75 Å². The van der Waals surface area contributed by atoms with Gasteiger partial charge in [-0.1, -0.05) is 36.4 Å². The molecule has 0 bridgehead atoms. The second kappa shape index (κ2) is 8.43. The minimum absolute atomic E-state index is 0.00586. The molecule has 0 spiro atoms. The van der Waals surface area contributed by atoms with Crippen molar-refractivity contribution in [2.45, 2.75) is 24.8 Å². The number of carbonyl (C=O) groups is 1. The van der Waals surface area contributed by atoms with E-state index in [1.165, 1.54) is 6.07 Å². The van der Waals surface area contributed by atoms with Crippen LogP contribution in [0, 0.1) is 10.1 Å². The Morgan fingerprint density at radius 3 is 2.36 bits per heavy atom. The monoisotopic (exact) mass is 441 g/mol. The van der Waals surface area contributed by atoms with Gasteiger partial charge in [-0.15, -0.1) is 0 Å². The van der Waals surface area contributed by atoms with Crippen LogP contribution >= 0.6 is 0 Å². The number of nitro benzene ring substituents is 1. The molecular weight excluding hydrogens is 418 g/mol. The van der Waals surface area contributed by atoms with Crippen LogP contribution in [0.4, 0.5) is 17.1 Å². The van der Waals surface area contributed by atoms with Crippen molar-refractivity contribution in [1.82, 2.24) is 0 Å². The van der Waals surface area contributed by atoms with Crippen LogP contribution in [0.5, 0.6) is 5.75 Å². The third-order valence-corrected chi connectivity index (χ3v) is 6.34. The molecule has 3 aromatic rings. The number of hydrogen-bond donors (Lipinski definition) is 2. The van der Waals surface area contributed by atoms with Crippen LogP contribution in [0.1, 0.15) is 35.9 Å². The molecule has 2 aliphatic rings. The Kier molecular flexibility index (Phi) is 5.30. The molecule has 33 heavy (non-hydrogen) atoms. The van der Waals surface area contributed by atoms with Gasteiger partial charge < -0.3 is 15.4 Å². The minimum Gasteiger partial charge on any atom is -0.497 e. The van der Waals surface area contributed by atoms with Crippen molar-refractivity contribution < 1.29 is 14.5 Å². The summed E-state index contributed by atoms with van der Waals surface area (Å²) in [6.07, 6.45) is 0.961. The number of allylic oxidation sites excluding steroid dienone is 1. The zero-order valence-corrected chi connectivity index (χ0v) is 18.1. The van der Waals surface area contributed by atoms with Crippen LogP contribution < -0.4 is 15.4 Å². The van der Waals surface area contributed by atoms with Crippen molar-refractivity contribution in [3.63, 3.8) is 0 Å². The van der Waals surface area contributed by atoms with E-state index in [-0.39, 0.29) is 17.4 Å². The molecule has 1 heterocycles. The Bertz CT molecular complexity index is 1270. The molecule has 1 aliphatic heterocycles. The number of methoxy groups -OCH3 is 1. The first kappa shape index (κ1) is 20.8. The molecule has 7 heteroatoms. The Morgan fingerprint density at radius 2 is 1.64 bits per heavy atom. The van der Waals surface area contributed by atoms with Gasteiger partial charge in [-0.25, -0.2) is 0 Å². The van der Waals surface area contributed by atoms with Crippen molar-refractivity contribution in [1.29, 1.82) is 0 Å². The van der Waals surface area contributed by atoms with Gasteiger partial charge in [-0.2, -0.15) is 0 Å². The molecule has 0 aromatic heterocycles. The summed E-state index contributed by atoms with van der Waals surface area (Å²) in [6.45, 7) is 0. The third kappa shape index (κ3) is 3.82. The second-order valence-corrected chi connectivity index (χ2v) is 8.26. The van der Waals surface area contributed by atoms with Gasteiger partial charge in [0.2, 0.25) is 0 Å². The molecule has 0 fully saturated rings. The molecule has 5 rings (SSSR count). The largest absolute Gasteiger partial charge is 0.497 e. The van der Waals surface area contributed by atoms with Crippen molar-refractivity contribution in [2.75, 3.05) is 17.7 Å². The molecule has 2 N–H and O–H groups in total. The SMILES string of the molecule is COc1ccc([C@@H]2CC(=O)C3=C(C2)Nc2ccccc2N[C@@H]3c2ccccc2[N+](=O)[O-])cc1. The highest BCUT2D eigenvalue weighted by molar-refractivity contribution is 6.01. The number of anilines is 2. The fourth-order valence-corrected chi connectivity index (χ4v) is 4.74. The van der Waals surface area contributed by atoms with Crippen LogP contribution in [-0.2, 0) is 4.79 Å². The number of ketones is 1. The summed E-state index contributed by atoms with van der Waals surface area (Å²) in [5.41, 5.74) is 4.53. The number of rotatable bonds is 4. The number of benzene rings is 3. The molecule has 1 aliphatic carbocycles. The molecule has 3 aromatic carbocycles. The predicted octanol–water partition coefficient (Wildman–Crippen LogP) is 5.58. The summed E-state index contributed by atoms with van der Waals surface area (Å²) in [5, 5.41) is 18.7. The Balaban J connectivity index is 1.62. The minimum atomic E-state index is -0.623. The van der Waals surface area contributed by atoms with E-state index >= 15 is 0 Å². The van der Waals surface area contributed by atoms with Gasteiger partial charge in [0.25, 0.3) is 5.69 Å². The molecule has 7 nitrogen and oxygen atoms in total. The zero-order valence-electron chi connectivity index (χ0n) is 18.1. The average molecular weight is 441 g/mol. The van der Waals surface area contributed by atoms with Gasteiger partial charge >= 0.3 is 0 Å².